The largest absolute Gasteiger partial charge is 0.390 e. The maximum Gasteiger partial charge on any atom is 0.236 e. The Morgan fingerprint density at radius 3 is 2.61 bits per heavy atom. The van der Waals surface area contributed by atoms with E-state index in [0.717, 1.165) is 25.9 Å². The van der Waals surface area contributed by atoms with E-state index in [0.29, 0.717) is 26.0 Å². The molecule has 5 heteroatoms. The van der Waals surface area contributed by atoms with Gasteiger partial charge >= 0.3 is 0 Å². The fraction of sp³-hybridized carbons (Fsp3) is 0.923. The zero-order valence-electron chi connectivity index (χ0n) is 11.4. The second-order valence-electron chi connectivity index (χ2n) is 5.87. The molecule has 1 atom stereocenters. The third-order valence-electron chi connectivity index (χ3n) is 4.11. The molecular weight excluding hydrogens is 232 g/mol. The lowest BCUT2D eigenvalue weighted by molar-refractivity contribution is -0.175. The van der Waals surface area contributed by atoms with Gasteiger partial charge in [-0.3, -0.25) is 4.79 Å². The van der Waals surface area contributed by atoms with Gasteiger partial charge in [0, 0.05) is 19.5 Å². The minimum atomic E-state index is -0.616. The molecule has 1 amide bonds. The fourth-order valence-corrected chi connectivity index (χ4v) is 3.07. The number of likely N-dealkylation sites (N-methyl/N-ethyl adjacent to an activating group) is 1. The van der Waals surface area contributed by atoms with E-state index >= 15 is 0 Å². The first-order valence-electron chi connectivity index (χ1n) is 6.75. The van der Waals surface area contributed by atoms with Gasteiger partial charge in [0.1, 0.15) is 0 Å². The maximum absolute atomic E-state index is 11.8. The lowest BCUT2D eigenvalue weighted by Crippen LogP contribution is -2.55. The van der Waals surface area contributed by atoms with E-state index in [1.54, 1.807) is 7.05 Å². The summed E-state index contributed by atoms with van der Waals surface area (Å²) in [5.41, 5.74) is -0.826. The Labute approximate surface area is 108 Å². The van der Waals surface area contributed by atoms with Crippen LogP contribution in [-0.4, -0.2) is 60.4 Å². The van der Waals surface area contributed by atoms with Gasteiger partial charge in [-0.2, -0.15) is 0 Å². The third kappa shape index (κ3) is 3.02. The monoisotopic (exact) mass is 256 g/mol. The average molecular weight is 256 g/mol. The number of piperidine rings is 1. The molecule has 18 heavy (non-hydrogen) atoms. The van der Waals surface area contributed by atoms with Crippen LogP contribution in [0.15, 0.2) is 0 Å². The van der Waals surface area contributed by atoms with Crippen LogP contribution >= 0.6 is 0 Å². The van der Waals surface area contributed by atoms with Crippen molar-refractivity contribution in [2.24, 2.45) is 0 Å². The second-order valence-corrected chi connectivity index (χ2v) is 5.87. The average Bonchev–Trinajstić information content (AvgIpc) is 2.28. The molecular formula is C13H24N2O3. The second kappa shape index (κ2) is 5.15. The zero-order valence-corrected chi connectivity index (χ0v) is 11.4. The number of hydrogen-bond acceptors (Lipinski definition) is 4. The molecule has 0 saturated carbocycles. The molecule has 2 fully saturated rings. The smallest absolute Gasteiger partial charge is 0.236 e. The first-order chi connectivity index (χ1) is 8.46. The number of aliphatic hydroxyl groups is 1. The Morgan fingerprint density at radius 2 is 2.06 bits per heavy atom. The summed E-state index contributed by atoms with van der Waals surface area (Å²) >= 11 is 0. The number of rotatable bonds is 2. The van der Waals surface area contributed by atoms with E-state index in [1.807, 2.05) is 11.8 Å². The van der Waals surface area contributed by atoms with Crippen molar-refractivity contribution < 1.29 is 14.6 Å². The predicted molar refractivity (Wildman–Crippen MR) is 68.3 cm³/mol. The van der Waals surface area contributed by atoms with Crippen molar-refractivity contribution in [1.82, 2.24) is 10.2 Å². The number of likely N-dealkylation sites (tertiary alicyclic amines) is 1. The van der Waals surface area contributed by atoms with Crippen LogP contribution in [0.2, 0.25) is 0 Å². The van der Waals surface area contributed by atoms with E-state index in [9.17, 15) is 9.90 Å². The standard InChI is InChI=1S/C13H24N2O3/c1-12(17)5-8-18-13(10-12)3-6-15(7-4-13)11(16)9-14-2/h14,17H,3-10H2,1-2H3. The highest BCUT2D eigenvalue weighted by atomic mass is 16.5. The highest BCUT2D eigenvalue weighted by molar-refractivity contribution is 5.78. The van der Waals surface area contributed by atoms with Crippen LogP contribution < -0.4 is 5.32 Å². The number of ether oxygens (including phenoxy) is 1. The van der Waals surface area contributed by atoms with Crippen LogP contribution in [0.1, 0.15) is 32.6 Å². The molecule has 5 nitrogen and oxygen atoms in total. The zero-order chi connectivity index (χ0) is 13.2. The first-order valence-corrected chi connectivity index (χ1v) is 6.75. The van der Waals surface area contributed by atoms with Crippen molar-refractivity contribution in [3.05, 3.63) is 0 Å². The minimum Gasteiger partial charge on any atom is -0.390 e. The number of nitrogens with one attached hydrogen (secondary N) is 1. The van der Waals surface area contributed by atoms with Gasteiger partial charge in [-0.25, -0.2) is 0 Å². The Hall–Kier alpha value is -0.650. The molecule has 2 heterocycles. The number of nitrogens with zero attached hydrogens (tertiary/aromatic N) is 1. The summed E-state index contributed by atoms with van der Waals surface area (Å²) in [7, 11) is 1.78. The molecule has 0 aromatic heterocycles. The first kappa shape index (κ1) is 13.8. The number of carbonyl (C=O) groups excluding carboxylic acids is 1. The van der Waals surface area contributed by atoms with Gasteiger partial charge in [0.2, 0.25) is 5.91 Å². The summed E-state index contributed by atoms with van der Waals surface area (Å²) < 4.78 is 5.92. The summed E-state index contributed by atoms with van der Waals surface area (Å²) in [5, 5.41) is 13.1. The molecule has 2 aliphatic heterocycles. The molecule has 1 unspecified atom stereocenters. The Balaban J connectivity index is 1.91. The molecule has 2 saturated heterocycles. The number of hydrogen-bond donors (Lipinski definition) is 2. The van der Waals surface area contributed by atoms with Gasteiger partial charge in [0.15, 0.2) is 0 Å². The molecule has 0 aliphatic carbocycles. The lowest BCUT2D eigenvalue weighted by atomic mass is 9.78. The van der Waals surface area contributed by atoms with Crippen molar-refractivity contribution in [2.75, 3.05) is 33.3 Å². The molecule has 2 rings (SSSR count). The minimum absolute atomic E-state index is 0.148. The number of carbonyl (C=O) groups is 1. The van der Waals surface area contributed by atoms with Crippen LogP contribution in [0.25, 0.3) is 0 Å². The molecule has 0 aromatic rings. The Morgan fingerprint density at radius 1 is 1.39 bits per heavy atom. The quantitative estimate of drug-likeness (QED) is 0.737. The highest BCUT2D eigenvalue weighted by Crippen LogP contribution is 2.39. The topological polar surface area (TPSA) is 61.8 Å². The summed E-state index contributed by atoms with van der Waals surface area (Å²) in [4.78, 5) is 13.7. The van der Waals surface area contributed by atoms with Crippen LogP contribution in [0.3, 0.4) is 0 Å². The molecule has 0 aromatic carbocycles. The molecule has 104 valence electrons. The highest BCUT2D eigenvalue weighted by Gasteiger charge is 2.44. The van der Waals surface area contributed by atoms with Crippen molar-refractivity contribution >= 4 is 5.91 Å². The van der Waals surface area contributed by atoms with E-state index in [1.165, 1.54) is 0 Å². The molecule has 0 radical (unpaired) electrons. The summed E-state index contributed by atoms with van der Waals surface area (Å²) in [6.07, 6.45) is 3.06. The van der Waals surface area contributed by atoms with Gasteiger partial charge in [0.05, 0.1) is 24.4 Å². The van der Waals surface area contributed by atoms with Crippen molar-refractivity contribution in [3.8, 4) is 0 Å². The van der Waals surface area contributed by atoms with Gasteiger partial charge < -0.3 is 20.1 Å². The van der Waals surface area contributed by atoms with E-state index in [-0.39, 0.29) is 11.5 Å². The maximum atomic E-state index is 11.8. The van der Waals surface area contributed by atoms with Crippen molar-refractivity contribution in [3.63, 3.8) is 0 Å². The van der Waals surface area contributed by atoms with Gasteiger partial charge in [-0.05, 0) is 33.2 Å². The Kier molecular flexibility index (Phi) is 3.94. The Bertz CT molecular complexity index is 309. The van der Waals surface area contributed by atoms with Crippen LogP contribution in [0.5, 0.6) is 0 Å². The van der Waals surface area contributed by atoms with E-state index < -0.39 is 5.60 Å². The SMILES string of the molecule is CNCC(=O)N1CCC2(CC1)CC(C)(O)CCO2. The van der Waals surface area contributed by atoms with E-state index in [4.69, 9.17) is 4.74 Å². The molecule has 0 bridgehead atoms. The van der Waals surface area contributed by atoms with Gasteiger partial charge in [-0.15, -0.1) is 0 Å². The molecule has 2 aliphatic rings. The van der Waals surface area contributed by atoms with Crippen LogP contribution in [0.4, 0.5) is 0 Å². The normalized spacial score (nSPS) is 31.6. The molecule has 2 N–H and O–H groups in total. The van der Waals surface area contributed by atoms with Crippen molar-refractivity contribution in [1.29, 1.82) is 0 Å². The van der Waals surface area contributed by atoms with Crippen LogP contribution in [-0.2, 0) is 9.53 Å². The van der Waals surface area contributed by atoms with Gasteiger partial charge in [0.25, 0.3) is 0 Å². The fourth-order valence-electron chi connectivity index (χ4n) is 3.07. The third-order valence-corrected chi connectivity index (χ3v) is 4.11. The van der Waals surface area contributed by atoms with E-state index in [2.05, 4.69) is 5.32 Å². The predicted octanol–water partition coefficient (Wildman–Crippen LogP) is 0.128. The number of amides is 1. The summed E-state index contributed by atoms with van der Waals surface area (Å²) in [6.45, 7) is 4.37. The molecule has 1 spiro atoms. The summed E-state index contributed by atoms with van der Waals surface area (Å²) in [6, 6.07) is 0. The van der Waals surface area contributed by atoms with Crippen molar-refractivity contribution in [2.45, 2.75) is 43.8 Å². The summed E-state index contributed by atoms with van der Waals surface area (Å²) in [5.74, 6) is 0.148. The van der Waals surface area contributed by atoms with Crippen LogP contribution in [0, 0.1) is 0 Å². The van der Waals surface area contributed by atoms with Gasteiger partial charge in [-0.1, -0.05) is 0 Å². The lowest BCUT2D eigenvalue weighted by Gasteiger charge is -2.48.